The molecule has 0 saturated heterocycles. The Morgan fingerprint density at radius 1 is 0.833 bits per heavy atom. The lowest BCUT2D eigenvalue weighted by molar-refractivity contribution is 0.584. The number of nitrogens with two attached hydrogens (primary N) is 1. The zero-order valence-electron chi connectivity index (χ0n) is 9.50. The molecule has 0 aromatic heterocycles. The molecule has 5 nitrogen and oxygen atoms in total. The van der Waals surface area contributed by atoms with E-state index in [-0.39, 0.29) is 4.90 Å². The summed E-state index contributed by atoms with van der Waals surface area (Å²) in [6.07, 6.45) is 0. The van der Waals surface area contributed by atoms with Crippen LogP contribution in [-0.2, 0) is 10.0 Å². The van der Waals surface area contributed by atoms with Gasteiger partial charge < -0.3 is 5.32 Å². The van der Waals surface area contributed by atoms with Crippen LogP contribution in [0, 0.1) is 0 Å². The molecule has 2 aromatic carbocycles. The monoisotopic (exact) mass is 263 g/mol. The van der Waals surface area contributed by atoms with Crippen LogP contribution in [0.15, 0.2) is 59.5 Å². The van der Waals surface area contributed by atoms with Crippen molar-refractivity contribution in [3.05, 3.63) is 54.6 Å². The molecule has 18 heavy (non-hydrogen) atoms. The van der Waals surface area contributed by atoms with Crippen LogP contribution in [-0.4, -0.2) is 8.42 Å². The summed E-state index contributed by atoms with van der Waals surface area (Å²) in [6.45, 7) is 0. The van der Waals surface area contributed by atoms with Crippen molar-refractivity contribution < 1.29 is 8.42 Å². The number of para-hydroxylation sites is 1. The van der Waals surface area contributed by atoms with Gasteiger partial charge in [0.2, 0.25) is 0 Å². The van der Waals surface area contributed by atoms with Gasteiger partial charge in [0.1, 0.15) is 0 Å². The standard InChI is InChI=1S/C12H13N3O2S/c13-15-18(16,17)12-8-6-11(7-9-12)14-10-4-2-1-3-5-10/h1-9,14-15H,13H2. The zero-order valence-corrected chi connectivity index (χ0v) is 10.3. The number of nitrogens with one attached hydrogen (secondary N) is 2. The SMILES string of the molecule is NNS(=O)(=O)c1ccc(Nc2ccccc2)cc1. The normalized spacial score (nSPS) is 11.2. The Balaban J connectivity index is 2.19. The van der Waals surface area contributed by atoms with Crippen molar-refractivity contribution in [3.63, 3.8) is 0 Å². The molecule has 0 heterocycles. The molecule has 4 N–H and O–H groups in total. The molecule has 0 amide bonds. The first kappa shape index (κ1) is 12.6. The molecule has 94 valence electrons. The van der Waals surface area contributed by atoms with Crippen molar-refractivity contribution in [3.8, 4) is 0 Å². The number of anilines is 2. The molecule has 0 spiro atoms. The molecular weight excluding hydrogens is 250 g/mol. The van der Waals surface area contributed by atoms with Crippen LogP contribution < -0.4 is 16.0 Å². The average molecular weight is 263 g/mol. The number of benzene rings is 2. The zero-order chi connectivity index (χ0) is 13.0. The van der Waals surface area contributed by atoms with Gasteiger partial charge in [-0.2, -0.15) is 4.83 Å². The third-order valence-corrected chi connectivity index (χ3v) is 3.59. The number of hydrogen-bond acceptors (Lipinski definition) is 4. The Hall–Kier alpha value is -1.89. The lowest BCUT2D eigenvalue weighted by atomic mass is 10.3. The minimum atomic E-state index is -3.59. The van der Waals surface area contributed by atoms with Gasteiger partial charge in [0.05, 0.1) is 4.90 Å². The molecule has 0 aliphatic rings. The third kappa shape index (κ3) is 2.86. The summed E-state index contributed by atoms with van der Waals surface area (Å²) in [7, 11) is -3.59. The van der Waals surface area contributed by atoms with Crippen LogP contribution in [0.3, 0.4) is 0 Å². The highest BCUT2D eigenvalue weighted by Gasteiger charge is 2.10. The van der Waals surface area contributed by atoms with Crippen molar-refractivity contribution in [2.75, 3.05) is 5.32 Å². The van der Waals surface area contributed by atoms with E-state index in [1.807, 2.05) is 30.3 Å². The summed E-state index contributed by atoms with van der Waals surface area (Å²) in [5.41, 5.74) is 1.74. The maximum atomic E-state index is 11.4. The van der Waals surface area contributed by atoms with E-state index in [1.165, 1.54) is 12.1 Å². The fourth-order valence-electron chi connectivity index (χ4n) is 1.47. The highest BCUT2D eigenvalue weighted by molar-refractivity contribution is 7.89. The highest BCUT2D eigenvalue weighted by atomic mass is 32.2. The Morgan fingerprint density at radius 3 is 1.94 bits per heavy atom. The van der Waals surface area contributed by atoms with Crippen LogP contribution >= 0.6 is 0 Å². The van der Waals surface area contributed by atoms with Crippen LogP contribution in [0.25, 0.3) is 0 Å². The number of sulfonamides is 1. The van der Waals surface area contributed by atoms with E-state index in [0.717, 1.165) is 11.4 Å². The van der Waals surface area contributed by atoms with Gasteiger partial charge in [0.15, 0.2) is 0 Å². The van der Waals surface area contributed by atoms with E-state index < -0.39 is 10.0 Å². The van der Waals surface area contributed by atoms with Gasteiger partial charge in [-0.05, 0) is 36.4 Å². The first-order chi connectivity index (χ1) is 8.62. The van der Waals surface area contributed by atoms with Crippen LogP contribution in [0.4, 0.5) is 11.4 Å². The van der Waals surface area contributed by atoms with Gasteiger partial charge >= 0.3 is 0 Å². The van der Waals surface area contributed by atoms with E-state index >= 15 is 0 Å². The molecule has 0 unspecified atom stereocenters. The van der Waals surface area contributed by atoms with E-state index in [4.69, 9.17) is 5.84 Å². The van der Waals surface area contributed by atoms with Crippen LogP contribution in [0.5, 0.6) is 0 Å². The quantitative estimate of drug-likeness (QED) is 0.577. The second kappa shape index (κ2) is 5.18. The molecule has 0 fully saturated rings. The van der Waals surface area contributed by atoms with Gasteiger partial charge in [-0.25, -0.2) is 8.42 Å². The summed E-state index contributed by atoms with van der Waals surface area (Å²) in [5.74, 6) is 4.95. The Kier molecular flexibility index (Phi) is 3.61. The van der Waals surface area contributed by atoms with E-state index in [0.29, 0.717) is 0 Å². The maximum absolute atomic E-state index is 11.4. The van der Waals surface area contributed by atoms with Crippen molar-refractivity contribution in [1.29, 1.82) is 0 Å². The second-order valence-corrected chi connectivity index (χ2v) is 5.35. The Morgan fingerprint density at radius 2 is 1.39 bits per heavy atom. The molecular formula is C12H13N3O2S. The molecule has 6 heteroatoms. The molecule has 0 bridgehead atoms. The Labute approximate surface area is 106 Å². The van der Waals surface area contributed by atoms with Gasteiger partial charge in [0.25, 0.3) is 10.0 Å². The predicted octanol–water partition coefficient (Wildman–Crippen LogP) is 1.58. The molecule has 2 rings (SSSR count). The topological polar surface area (TPSA) is 84.2 Å². The van der Waals surface area contributed by atoms with Crippen molar-refractivity contribution in [1.82, 2.24) is 4.83 Å². The summed E-state index contributed by atoms with van der Waals surface area (Å²) >= 11 is 0. The van der Waals surface area contributed by atoms with E-state index in [2.05, 4.69) is 5.32 Å². The average Bonchev–Trinajstić information content (AvgIpc) is 2.40. The maximum Gasteiger partial charge on any atom is 0.253 e. The lowest BCUT2D eigenvalue weighted by Gasteiger charge is -2.07. The van der Waals surface area contributed by atoms with Gasteiger partial charge in [-0.15, -0.1) is 0 Å². The van der Waals surface area contributed by atoms with Crippen LogP contribution in [0.2, 0.25) is 0 Å². The molecule has 0 saturated carbocycles. The molecule has 2 aromatic rings. The molecule has 0 atom stereocenters. The smallest absolute Gasteiger partial charge is 0.253 e. The van der Waals surface area contributed by atoms with Crippen molar-refractivity contribution in [2.45, 2.75) is 4.90 Å². The minimum Gasteiger partial charge on any atom is -0.356 e. The molecule has 0 aliphatic heterocycles. The highest BCUT2D eigenvalue weighted by Crippen LogP contribution is 2.18. The van der Waals surface area contributed by atoms with Gasteiger partial charge in [0, 0.05) is 11.4 Å². The largest absolute Gasteiger partial charge is 0.356 e. The van der Waals surface area contributed by atoms with Gasteiger partial charge in [-0.3, -0.25) is 5.84 Å². The third-order valence-electron chi connectivity index (χ3n) is 2.38. The molecule has 0 radical (unpaired) electrons. The summed E-state index contributed by atoms with van der Waals surface area (Å²) in [5, 5.41) is 3.15. The number of hydrazine groups is 1. The van der Waals surface area contributed by atoms with Crippen molar-refractivity contribution in [2.24, 2.45) is 5.84 Å². The summed E-state index contributed by atoms with van der Waals surface area (Å²) < 4.78 is 22.8. The minimum absolute atomic E-state index is 0.128. The lowest BCUT2D eigenvalue weighted by Crippen LogP contribution is -2.30. The second-order valence-electron chi connectivity index (χ2n) is 3.64. The fourth-order valence-corrected chi connectivity index (χ4v) is 2.10. The van der Waals surface area contributed by atoms with Crippen LogP contribution in [0.1, 0.15) is 0 Å². The van der Waals surface area contributed by atoms with E-state index in [1.54, 1.807) is 17.0 Å². The van der Waals surface area contributed by atoms with Crippen molar-refractivity contribution >= 4 is 21.4 Å². The summed E-state index contributed by atoms with van der Waals surface area (Å²) in [4.78, 5) is 1.91. The first-order valence-corrected chi connectivity index (χ1v) is 6.75. The summed E-state index contributed by atoms with van der Waals surface area (Å²) in [6, 6.07) is 15.9. The Bertz CT molecular complexity index is 610. The number of rotatable bonds is 4. The molecule has 0 aliphatic carbocycles. The van der Waals surface area contributed by atoms with E-state index in [9.17, 15) is 8.42 Å². The van der Waals surface area contributed by atoms with Gasteiger partial charge in [-0.1, -0.05) is 18.2 Å². The fraction of sp³-hybridized carbons (Fsp3) is 0. The first-order valence-electron chi connectivity index (χ1n) is 5.26. The predicted molar refractivity (Wildman–Crippen MR) is 70.7 cm³/mol. The number of hydrogen-bond donors (Lipinski definition) is 3.